The van der Waals surface area contributed by atoms with Crippen molar-refractivity contribution in [3.8, 4) is 11.5 Å². The van der Waals surface area contributed by atoms with Gasteiger partial charge in [0, 0.05) is 11.6 Å². The molecule has 0 bridgehead atoms. The van der Waals surface area contributed by atoms with E-state index in [2.05, 4.69) is 15.5 Å². The molecule has 2 aromatic carbocycles. The van der Waals surface area contributed by atoms with Gasteiger partial charge in [-0.1, -0.05) is 35.5 Å². The number of hydrogen-bond donors (Lipinski definition) is 1. The van der Waals surface area contributed by atoms with Crippen LogP contribution in [0.2, 0.25) is 0 Å². The molecule has 0 unspecified atom stereocenters. The Labute approximate surface area is 167 Å². The van der Waals surface area contributed by atoms with Crippen LogP contribution in [0.4, 0.5) is 5.69 Å². The van der Waals surface area contributed by atoms with Crippen molar-refractivity contribution in [2.75, 3.05) is 5.32 Å². The molecule has 0 radical (unpaired) electrons. The molecular formula is C23H19N3O3. The molecule has 2 aromatic heterocycles. The normalized spacial score (nSPS) is 13.4. The Hall–Kier alpha value is -3.67. The third kappa shape index (κ3) is 3.45. The Bertz CT molecular complexity index is 1200. The van der Waals surface area contributed by atoms with Crippen molar-refractivity contribution >= 4 is 22.7 Å². The molecule has 5 rings (SSSR count). The maximum absolute atomic E-state index is 13.2. The summed E-state index contributed by atoms with van der Waals surface area (Å²) in [6.45, 7) is 1.81. The molecule has 0 atom stereocenters. The fourth-order valence-electron chi connectivity index (χ4n) is 3.35. The molecule has 2 heterocycles. The van der Waals surface area contributed by atoms with Gasteiger partial charge in [0.15, 0.2) is 5.75 Å². The van der Waals surface area contributed by atoms with Crippen molar-refractivity contribution in [1.82, 2.24) is 10.1 Å². The Morgan fingerprint density at radius 1 is 1.10 bits per heavy atom. The van der Waals surface area contributed by atoms with Gasteiger partial charge in [-0.2, -0.15) is 0 Å². The minimum Gasteiger partial charge on any atom is -0.455 e. The van der Waals surface area contributed by atoms with Gasteiger partial charge in [0.1, 0.15) is 5.75 Å². The van der Waals surface area contributed by atoms with Gasteiger partial charge >= 0.3 is 0 Å². The van der Waals surface area contributed by atoms with Crippen molar-refractivity contribution in [1.29, 1.82) is 0 Å². The number of carbonyl (C=O) groups excluding carboxylic acids is 1. The van der Waals surface area contributed by atoms with Gasteiger partial charge < -0.3 is 14.6 Å². The molecule has 0 saturated heterocycles. The Balaban J connectivity index is 1.49. The van der Waals surface area contributed by atoms with E-state index in [9.17, 15) is 4.79 Å². The number of benzene rings is 2. The lowest BCUT2D eigenvalue weighted by Gasteiger charge is -2.13. The molecule has 6 nitrogen and oxygen atoms in total. The molecule has 1 aliphatic rings. The summed E-state index contributed by atoms with van der Waals surface area (Å²) in [5, 5.41) is 7.63. The molecule has 29 heavy (non-hydrogen) atoms. The Morgan fingerprint density at radius 2 is 1.86 bits per heavy atom. The molecule has 1 amide bonds. The predicted molar refractivity (Wildman–Crippen MR) is 109 cm³/mol. The Morgan fingerprint density at radius 3 is 2.66 bits per heavy atom. The summed E-state index contributed by atoms with van der Waals surface area (Å²) in [5.74, 6) is 1.42. The molecule has 0 aliphatic heterocycles. The summed E-state index contributed by atoms with van der Waals surface area (Å²) >= 11 is 0. The van der Waals surface area contributed by atoms with E-state index >= 15 is 0 Å². The van der Waals surface area contributed by atoms with Gasteiger partial charge in [-0.15, -0.1) is 0 Å². The maximum atomic E-state index is 13.2. The number of aromatic nitrogens is 2. The third-order valence-electron chi connectivity index (χ3n) is 4.98. The summed E-state index contributed by atoms with van der Waals surface area (Å²) < 4.78 is 11.3. The standard InChI is InChI=1S/C23H19N3O3/c1-14-21-17(13-19(15-11-12-15)25-23(21)29-26-14)22(27)24-18-9-5-6-10-20(18)28-16-7-3-2-4-8-16/h2-10,13,15H,11-12H2,1H3,(H,24,27). The van der Waals surface area contributed by atoms with Crippen LogP contribution in [0, 0.1) is 6.92 Å². The lowest BCUT2D eigenvalue weighted by Crippen LogP contribution is -2.14. The van der Waals surface area contributed by atoms with Crippen LogP contribution in [0.1, 0.15) is 40.5 Å². The SMILES string of the molecule is Cc1noc2nc(C3CC3)cc(C(=O)Nc3ccccc3Oc3ccccc3)c12. The van der Waals surface area contributed by atoms with Crippen LogP contribution in [0.3, 0.4) is 0 Å². The lowest BCUT2D eigenvalue weighted by atomic mass is 10.1. The van der Waals surface area contributed by atoms with Gasteiger partial charge in [-0.05, 0) is 50.1 Å². The van der Waals surface area contributed by atoms with Gasteiger partial charge in [0.25, 0.3) is 11.6 Å². The van der Waals surface area contributed by atoms with Crippen molar-refractivity contribution in [3.05, 3.63) is 77.6 Å². The first kappa shape index (κ1) is 17.4. The van der Waals surface area contributed by atoms with E-state index in [1.165, 1.54) is 0 Å². The lowest BCUT2D eigenvalue weighted by molar-refractivity contribution is 0.102. The molecule has 1 fully saturated rings. The summed E-state index contributed by atoms with van der Waals surface area (Å²) in [6, 6.07) is 18.7. The van der Waals surface area contributed by atoms with Crippen LogP contribution in [0.5, 0.6) is 11.5 Å². The van der Waals surface area contributed by atoms with Crippen LogP contribution in [0.25, 0.3) is 11.1 Å². The highest BCUT2D eigenvalue weighted by molar-refractivity contribution is 6.12. The van der Waals surface area contributed by atoms with E-state index in [1.807, 2.05) is 67.6 Å². The molecular weight excluding hydrogens is 366 g/mol. The highest BCUT2D eigenvalue weighted by Gasteiger charge is 2.28. The number of nitrogens with one attached hydrogen (secondary N) is 1. The third-order valence-corrected chi connectivity index (χ3v) is 4.98. The number of carbonyl (C=O) groups is 1. The molecule has 144 valence electrons. The van der Waals surface area contributed by atoms with Crippen molar-refractivity contribution in [2.45, 2.75) is 25.7 Å². The topological polar surface area (TPSA) is 77.2 Å². The second kappa shape index (κ2) is 7.05. The molecule has 6 heteroatoms. The van der Waals surface area contributed by atoms with E-state index in [0.717, 1.165) is 18.5 Å². The second-order valence-corrected chi connectivity index (χ2v) is 7.18. The first-order valence-electron chi connectivity index (χ1n) is 9.59. The molecule has 1 saturated carbocycles. The smallest absolute Gasteiger partial charge is 0.259 e. The summed E-state index contributed by atoms with van der Waals surface area (Å²) in [4.78, 5) is 17.8. The number of aryl methyl sites for hydroxylation is 1. The molecule has 4 aromatic rings. The quantitative estimate of drug-likeness (QED) is 0.494. The van der Waals surface area contributed by atoms with Crippen molar-refractivity contribution < 1.29 is 14.1 Å². The zero-order valence-corrected chi connectivity index (χ0v) is 15.9. The number of amides is 1. The van der Waals surface area contributed by atoms with E-state index in [-0.39, 0.29) is 5.91 Å². The van der Waals surface area contributed by atoms with Crippen LogP contribution in [0.15, 0.2) is 65.2 Å². The van der Waals surface area contributed by atoms with E-state index in [4.69, 9.17) is 9.26 Å². The maximum Gasteiger partial charge on any atom is 0.259 e. The first-order valence-corrected chi connectivity index (χ1v) is 9.59. The van der Waals surface area contributed by atoms with Gasteiger partial charge in [0.2, 0.25) is 0 Å². The molecule has 1 aliphatic carbocycles. The monoisotopic (exact) mass is 385 g/mol. The highest BCUT2D eigenvalue weighted by Crippen LogP contribution is 2.40. The van der Waals surface area contributed by atoms with E-state index in [1.54, 1.807) is 0 Å². The summed E-state index contributed by atoms with van der Waals surface area (Å²) in [7, 11) is 0. The largest absolute Gasteiger partial charge is 0.455 e. The fourth-order valence-corrected chi connectivity index (χ4v) is 3.35. The minimum absolute atomic E-state index is 0.241. The van der Waals surface area contributed by atoms with Crippen molar-refractivity contribution in [2.24, 2.45) is 0 Å². The number of para-hydroxylation sites is 3. The van der Waals surface area contributed by atoms with Gasteiger partial charge in [-0.3, -0.25) is 4.79 Å². The van der Waals surface area contributed by atoms with E-state index in [0.29, 0.717) is 45.5 Å². The van der Waals surface area contributed by atoms with Crippen LogP contribution in [-0.2, 0) is 0 Å². The second-order valence-electron chi connectivity index (χ2n) is 7.18. The van der Waals surface area contributed by atoms with Gasteiger partial charge in [-0.25, -0.2) is 4.98 Å². The van der Waals surface area contributed by atoms with Gasteiger partial charge in [0.05, 0.1) is 22.3 Å². The predicted octanol–water partition coefficient (Wildman–Crippen LogP) is 5.45. The van der Waals surface area contributed by atoms with Crippen molar-refractivity contribution in [3.63, 3.8) is 0 Å². The number of nitrogens with zero attached hydrogens (tertiary/aromatic N) is 2. The highest BCUT2D eigenvalue weighted by atomic mass is 16.5. The van der Waals surface area contributed by atoms with Crippen LogP contribution >= 0.6 is 0 Å². The number of anilines is 1. The minimum atomic E-state index is -0.241. The first-order chi connectivity index (χ1) is 14.2. The number of rotatable bonds is 5. The average Bonchev–Trinajstić information content (AvgIpc) is 3.53. The van der Waals surface area contributed by atoms with E-state index < -0.39 is 0 Å². The Kier molecular flexibility index (Phi) is 4.24. The average molecular weight is 385 g/mol. The van der Waals surface area contributed by atoms with Crippen LogP contribution in [-0.4, -0.2) is 16.0 Å². The summed E-state index contributed by atoms with van der Waals surface area (Å²) in [6.07, 6.45) is 2.17. The number of hydrogen-bond acceptors (Lipinski definition) is 5. The number of fused-ring (bicyclic) bond motifs is 1. The number of ether oxygens (including phenoxy) is 1. The van der Waals surface area contributed by atoms with Crippen LogP contribution < -0.4 is 10.1 Å². The summed E-state index contributed by atoms with van der Waals surface area (Å²) in [5.41, 5.74) is 3.05. The molecule has 0 spiro atoms. The zero-order chi connectivity index (χ0) is 19.8. The fraction of sp³-hybridized carbons (Fsp3) is 0.174. The number of pyridine rings is 1. The zero-order valence-electron chi connectivity index (χ0n) is 15.9. The molecule has 1 N–H and O–H groups in total.